The highest BCUT2D eigenvalue weighted by atomic mass is 32.2. The summed E-state index contributed by atoms with van der Waals surface area (Å²) in [6, 6.07) is 2.59. The molecule has 10 heteroatoms. The summed E-state index contributed by atoms with van der Waals surface area (Å²) in [5.41, 5.74) is -0.933. The fourth-order valence-corrected chi connectivity index (χ4v) is 6.80. The van der Waals surface area contributed by atoms with Gasteiger partial charge in [-0.05, 0) is 30.7 Å². The largest absolute Gasteiger partial charge is 0.416 e. The second-order valence-corrected chi connectivity index (χ2v) is 9.65. The van der Waals surface area contributed by atoms with Gasteiger partial charge in [0.25, 0.3) is 0 Å². The standard InChI is InChI=1S/C12H12F3NO4S2/c13-12(14,15)8-1-3-10(4-2-8)22(19,20)16-6-11-5-9(16)7-21(11,17)18/h1-4,9,11H,5-7H2. The first-order valence-electron chi connectivity index (χ1n) is 6.42. The molecule has 0 radical (unpaired) electrons. The van der Waals surface area contributed by atoms with Gasteiger partial charge >= 0.3 is 6.18 Å². The minimum atomic E-state index is -4.54. The van der Waals surface area contributed by atoms with Crippen LogP contribution >= 0.6 is 0 Å². The molecule has 0 aromatic heterocycles. The van der Waals surface area contributed by atoms with Crippen LogP contribution in [0.5, 0.6) is 0 Å². The Bertz CT molecular complexity index is 800. The first kappa shape index (κ1) is 15.8. The number of rotatable bonds is 2. The quantitative estimate of drug-likeness (QED) is 0.801. The predicted molar refractivity (Wildman–Crippen MR) is 71.3 cm³/mol. The molecule has 2 atom stereocenters. The van der Waals surface area contributed by atoms with E-state index >= 15 is 0 Å². The summed E-state index contributed by atoms with van der Waals surface area (Å²) in [6.45, 7) is -0.129. The maximum absolute atomic E-state index is 12.5. The molecule has 5 nitrogen and oxygen atoms in total. The fourth-order valence-electron chi connectivity index (χ4n) is 2.91. The average Bonchev–Trinajstić information content (AvgIpc) is 2.94. The van der Waals surface area contributed by atoms with Crippen molar-refractivity contribution in [2.45, 2.75) is 28.8 Å². The molecule has 122 valence electrons. The third-order valence-corrected chi connectivity index (χ3v) is 8.19. The van der Waals surface area contributed by atoms with Crippen molar-refractivity contribution >= 4 is 19.9 Å². The Balaban J connectivity index is 1.89. The Hall–Kier alpha value is -1.13. The lowest BCUT2D eigenvalue weighted by Gasteiger charge is -2.26. The first-order valence-corrected chi connectivity index (χ1v) is 9.58. The number of fused-ring (bicyclic) bond motifs is 2. The van der Waals surface area contributed by atoms with Crippen LogP contribution in [-0.2, 0) is 26.0 Å². The number of benzene rings is 1. The van der Waals surface area contributed by atoms with Crippen LogP contribution in [0.4, 0.5) is 13.2 Å². The molecule has 2 heterocycles. The predicted octanol–water partition coefficient (Wildman–Crippen LogP) is 1.27. The van der Waals surface area contributed by atoms with E-state index in [1.54, 1.807) is 0 Å². The minimum Gasteiger partial charge on any atom is -0.228 e. The van der Waals surface area contributed by atoms with E-state index in [1.165, 1.54) is 0 Å². The zero-order valence-corrected chi connectivity index (χ0v) is 12.7. The molecule has 0 spiro atoms. The molecule has 0 N–H and O–H groups in total. The number of hydrogen-bond donors (Lipinski definition) is 0. The SMILES string of the molecule is O=S1(=O)CC2CC1CN2S(=O)(=O)c1ccc(C(F)(F)F)cc1. The Labute approximate surface area is 125 Å². The molecule has 2 saturated heterocycles. The highest BCUT2D eigenvalue weighted by Gasteiger charge is 2.52. The van der Waals surface area contributed by atoms with Gasteiger partial charge in [0, 0.05) is 12.6 Å². The Morgan fingerprint density at radius 3 is 2.14 bits per heavy atom. The van der Waals surface area contributed by atoms with Gasteiger partial charge in [0.15, 0.2) is 9.84 Å². The number of alkyl halides is 3. The summed E-state index contributed by atoms with van der Waals surface area (Å²) in [5, 5.41) is -0.707. The van der Waals surface area contributed by atoms with Crippen LogP contribution in [0, 0.1) is 0 Å². The van der Waals surface area contributed by atoms with E-state index in [-0.39, 0.29) is 23.6 Å². The van der Waals surface area contributed by atoms with Crippen molar-refractivity contribution in [2.75, 3.05) is 12.3 Å². The average molecular weight is 355 g/mol. The van der Waals surface area contributed by atoms with E-state index in [9.17, 15) is 30.0 Å². The molecule has 22 heavy (non-hydrogen) atoms. The Morgan fingerprint density at radius 1 is 1.14 bits per heavy atom. The monoisotopic (exact) mass is 355 g/mol. The van der Waals surface area contributed by atoms with Gasteiger partial charge in [-0.1, -0.05) is 0 Å². The summed E-state index contributed by atoms with van der Waals surface area (Å²) < 4.78 is 86.8. The zero-order chi connectivity index (χ0) is 16.3. The molecule has 0 saturated carbocycles. The van der Waals surface area contributed by atoms with Crippen LogP contribution in [-0.4, -0.2) is 44.7 Å². The normalized spacial score (nSPS) is 28.1. The molecule has 2 aliphatic rings. The molecule has 2 aliphatic heterocycles. The first-order chi connectivity index (χ1) is 10.0. The third-order valence-electron chi connectivity index (χ3n) is 4.05. The zero-order valence-electron chi connectivity index (χ0n) is 11.1. The summed E-state index contributed by atoms with van der Waals surface area (Å²) in [6.07, 6.45) is -4.29. The minimum absolute atomic E-state index is 0.129. The Kier molecular flexibility index (Phi) is 3.35. The van der Waals surface area contributed by atoms with Crippen molar-refractivity contribution < 1.29 is 30.0 Å². The summed E-state index contributed by atoms with van der Waals surface area (Å²) in [4.78, 5) is -0.259. The molecule has 1 aromatic rings. The molecule has 2 fully saturated rings. The number of sulfone groups is 1. The van der Waals surface area contributed by atoms with E-state index in [0.717, 1.165) is 16.4 Å². The van der Waals surface area contributed by atoms with Crippen LogP contribution < -0.4 is 0 Å². The molecular formula is C12H12F3NO4S2. The number of hydrogen-bond acceptors (Lipinski definition) is 4. The lowest BCUT2D eigenvalue weighted by atomic mass is 10.2. The molecule has 2 unspecified atom stereocenters. The van der Waals surface area contributed by atoms with Gasteiger partial charge in [-0.3, -0.25) is 0 Å². The van der Waals surface area contributed by atoms with E-state index in [4.69, 9.17) is 0 Å². The summed E-state index contributed by atoms with van der Waals surface area (Å²) in [5.74, 6) is -0.225. The van der Waals surface area contributed by atoms with Crippen LogP contribution in [0.25, 0.3) is 0 Å². The van der Waals surface area contributed by atoms with Gasteiger partial charge in [-0.2, -0.15) is 17.5 Å². The molecular weight excluding hydrogens is 343 g/mol. The van der Waals surface area contributed by atoms with Crippen molar-refractivity contribution in [3.05, 3.63) is 29.8 Å². The summed E-state index contributed by atoms with van der Waals surface area (Å²) in [7, 11) is -7.22. The highest BCUT2D eigenvalue weighted by Crippen LogP contribution is 2.37. The van der Waals surface area contributed by atoms with Crippen molar-refractivity contribution in [1.82, 2.24) is 4.31 Å². The molecule has 0 amide bonds. The van der Waals surface area contributed by atoms with Crippen molar-refractivity contribution in [3.63, 3.8) is 0 Å². The van der Waals surface area contributed by atoms with Crippen LogP contribution in [0.3, 0.4) is 0 Å². The molecule has 2 bridgehead atoms. The number of nitrogens with zero attached hydrogens (tertiary/aromatic N) is 1. The van der Waals surface area contributed by atoms with Gasteiger partial charge in [0.2, 0.25) is 10.0 Å². The lowest BCUT2D eigenvalue weighted by molar-refractivity contribution is -0.137. The fraction of sp³-hybridized carbons (Fsp3) is 0.500. The topological polar surface area (TPSA) is 71.5 Å². The molecule has 0 aliphatic carbocycles. The van der Waals surface area contributed by atoms with Gasteiger partial charge in [0.05, 0.1) is 21.5 Å². The maximum Gasteiger partial charge on any atom is 0.416 e. The third kappa shape index (κ3) is 2.42. The maximum atomic E-state index is 12.5. The van der Waals surface area contributed by atoms with Crippen molar-refractivity contribution in [3.8, 4) is 0 Å². The number of sulfonamides is 1. The summed E-state index contributed by atoms with van der Waals surface area (Å²) >= 11 is 0. The van der Waals surface area contributed by atoms with Crippen LogP contribution in [0.2, 0.25) is 0 Å². The molecule has 3 rings (SSSR count). The van der Waals surface area contributed by atoms with Gasteiger partial charge in [-0.25, -0.2) is 16.8 Å². The second kappa shape index (κ2) is 4.68. The smallest absolute Gasteiger partial charge is 0.228 e. The lowest BCUT2D eigenvalue weighted by Crippen LogP contribution is -2.43. The van der Waals surface area contributed by atoms with Crippen molar-refractivity contribution in [1.29, 1.82) is 0 Å². The van der Waals surface area contributed by atoms with E-state index in [2.05, 4.69) is 0 Å². The van der Waals surface area contributed by atoms with E-state index < -0.39 is 42.9 Å². The van der Waals surface area contributed by atoms with Gasteiger partial charge in [0.1, 0.15) is 0 Å². The van der Waals surface area contributed by atoms with E-state index in [0.29, 0.717) is 12.1 Å². The molecule has 1 aromatic carbocycles. The van der Waals surface area contributed by atoms with Crippen LogP contribution in [0.1, 0.15) is 12.0 Å². The highest BCUT2D eigenvalue weighted by molar-refractivity contribution is 7.93. The number of halogens is 3. The van der Waals surface area contributed by atoms with Crippen LogP contribution in [0.15, 0.2) is 29.2 Å². The Morgan fingerprint density at radius 2 is 1.73 bits per heavy atom. The van der Waals surface area contributed by atoms with Gasteiger partial charge in [-0.15, -0.1) is 0 Å². The van der Waals surface area contributed by atoms with Gasteiger partial charge < -0.3 is 0 Å². The second-order valence-electron chi connectivity index (χ2n) is 5.44. The van der Waals surface area contributed by atoms with Crippen molar-refractivity contribution in [2.24, 2.45) is 0 Å². The van der Waals surface area contributed by atoms with E-state index in [1.807, 2.05) is 0 Å².